The van der Waals surface area contributed by atoms with Crippen molar-refractivity contribution in [3.8, 4) is 0 Å². The van der Waals surface area contributed by atoms with E-state index in [-0.39, 0.29) is 17.7 Å². The molecule has 0 spiro atoms. The number of hydrogen-bond donors (Lipinski definition) is 2. The van der Waals surface area contributed by atoms with E-state index in [1.54, 1.807) is 4.90 Å². The lowest BCUT2D eigenvalue weighted by Gasteiger charge is -2.32. The smallest absolute Gasteiger partial charge is 0.254 e. The number of benzene rings is 1. The first-order valence-electron chi connectivity index (χ1n) is 8.76. The quantitative estimate of drug-likeness (QED) is 0.871. The summed E-state index contributed by atoms with van der Waals surface area (Å²) in [6.07, 6.45) is 1.59. The van der Waals surface area contributed by atoms with Gasteiger partial charge in [0.2, 0.25) is 5.91 Å². The average molecular weight is 331 g/mol. The third kappa shape index (κ3) is 4.08. The van der Waals surface area contributed by atoms with Crippen LogP contribution in [0.3, 0.4) is 0 Å². The van der Waals surface area contributed by atoms with Crippen molar-refractivity contribution in [1.29, 1.82) is 0 Å². The molecule has 5 heteroatoms. The molecule has 2 rings (SSSR count). The third-order valence-corrected chi connectivity index (χ3v) is 5.06. The average Bonchev–Trinajstić information content (AvgIpc) is 2.56. The second-order valence-electron chi connectivity index (χ2n) is 7.15. The number of carbonyl (C=O) groups is 2. The number of rotatable bonds is 5. The van der Waals surface area contributed by atoms with Gasteiger partial charge in [-0.15, -0.1) is 0 Å². The molecule has 3 N–H and O–H groups in total. The number of piperidine rings is 1. The van der Waals surface area contributed by atoms with Gasteiger partial charge in [0, 0.05) is 30.4 Å². The number of nitrogens with one attached hydrogen (secondary N) is 1. The molecular weight excluding hydrogens is 302 g/mol. The third-order valence-electron chi connectivity index (χ3n) is 5.06. The minimum absolute atomic E-state index is 0.0145. The molecule has 1 fully saturated rings. The van der Waals surface area contributed by atoms with E-state index in [1.165, 1.54) is 0 Å². The van der Waals surface area contributed by atoms with Crippen LogP contribution >= 0.6 is 0 Å². The Morgan fingerprint density at radius 1 is 1.29 bits per heavy atom. The van der Waals surface area contributed by atoms with Crippen LogP contribution in [0.15, 0.2) is 18.2 Å². The van der Waals surface area contributed by atoms with E-state index < -0.39 is 0 Å². The van der Waals surface area contributed by atoms with Crippen LogP contribution in [0.2, 0.25) is 0 Å². The lowest BCUT2D eigenvalue weighted by molar-refractivity contribution is -0.123. The van der Waals surface area contributed by atoms with Gasteiger partial charge < -0.3 is 16.0 Å². The lowest BCUT2D eigenvalue weighted by atomic mass is 9.96. The van der Waals surface area contributed by atoms with Crippen LogP contribution in [0.1, 0.15) is 49.5 Å². The highest BCUT2D eigenvalue weighted by atomic mass is 16.2. The minimum atomic E-state index is -0.314. The molecule has 0 bridgehead atoms. The van der Waals surface area contributed by atoms with E-state index in [0.717, 1.165) is 24.1 Å². The van der Waals surface area contributed by atoms with Crippen molar-refractivity contribution in [1.82, 2.24) is 4.90 Å². The van der Waals surface area contributed by atoms with Crippen LogP contribution < -0.4 is 11.1 Å². The molecule has 0 aromatic heterocycles. The number of nitrogens with two attached hydrogens (primary N) is 1. The number of hydrogen-bond acceptors (Lipinski definition) is 3. The summed E-state index contributed by atoms with van der Waals surface area (Å²) in [7, 11) is 0. The summed E-state index contributed by atoms with van der Waals surface area (Å²) in [6.45, 7) is 9.55. The Labute approximate surface area is 144 Å². The van der Waals surface area contributed by atoms with Gasteiger partial charge in [0.05, 0.1) is 5.92 Å². The highest BCUT2D eigenvalue weighted by Gasteiger charge is 2.28. The monoisotopic (exact) mass is 331 g/mol. The predicted molar refractivity (Wildman–Crippen MR) is 96.9 cm³/mol. The fourth-order valence-corrected chi connectivity index (χ4v) is 3.00. The number of anilines is 1. The summed E-state index contributed by atoms with van der Waals surface area (Å²) < 4.78 is 0. The molecule has 132 valence electrons. The number of carbonyl (C=O) groups excluding carboxylic acids is 2. The van der Waals surface area contributed by atoms with Crippen LogP contribution in [-0.4, -0.2) is 35.8 Å². The van der Waals surface area contributed by atoms with Gasteiger partial charge in [0.15, 0.2) is 0 Å². The standard InChI is InChI=1S/C19H29N3O2/c1-12(2)14(4)21-17-9-5-8-16(13(17)3)19(24)22-10-6-7-15(11-22)18(20)23/h5,8-9,12,14-15,21H,6-7,10-11H2,1-4H3,(H2,20,23)/t14-,15+/m1/s1. The van der Waals surface area contributed by atoms with Crippen LogP contribution in [0.4, 0.5) is 5.69 Å². The Morgan fingerprint density at radius 3 is 2.62 bits per heavy atom. The van der Waals surface area contributed by atoms with Gasteiger partial charge in [-0.1, -0.05) is 19.9 Å². The molecular formula is C19H29N3O2. The molecule has 2 amide bonds. The van der Waals surface area contributed by atoms with Crippen molar-refractivity contribution in [2.75, 3.05) is 18.4 Å². The summed E-state index contributed by atoms with van der Waals surface area (Å²) in [5, 5.41) is 3.49. The summed E-state index contributed by atoms with van der Waals surface area (Å²) in [5.74, 6) is -0.0582. The lowest BCUT2D eigenvalue weighted by Crippen LogP contribution is -2.44. The Balaban J connectivity index is 2.19. The van der Waals surface area contributed by atoms with Crippen molar-refractivity contribution < 1.29 is 9.59 Å². The van der Waals surface area contributed by atoms with Crippen molar-refractivity contribution in [2.24, 2.45) is 17.6 Å². The fraction of sp³-hybridized carbons (Fsp3) is 0.579. The zero-order chi connectivity index (χ0) is 17.9. The number of nitrogens with zero attached hydrogens (tertiary/aromatic N) is 1. The molecule has 2 atom stereocenters. The molecule has 0 unspecified atom stereocenters. The zero-order valence-corrected chi connectivity index (χ0v) is 15.1. The molecule has 0 radical (unpaired) electrons. The molecule has 0 saturated carbocycles. The van der Waals surface area contributed by atoms with Crippen molar-refractivity contribution >= 4 is 17.5 Å². The first kappa shape index (κ1) is 18.3. The first-order chi connectivity index (χ1) is 11.3. The number of likely N-dealkylation sites (tertiary alicyclic amines) is 1. The highest BCUT2D eigenvalue weighted by Crippen LogP contribution is 2.24. The molecule has 1 aromatic carbocycles. The van der Waals surface area contributed by atoms with Gasteiger partial charge in [0.1, 0.15) is 0 Å². The summed E-state index contributed by atoms with van der Waals surface area (Å²) >= 11 is 0. The molecule has 0 aliphatic carbocycles. The summed E-state index contributed by atoms with van der Waals surface area (Å²) in [6, 6.07) is 6.10. The SMILES string of the molecule is Cc1c(N[C@H](C)C(C)C)cccc1C(=O)N1CCC[C@H](C(N)=O)C1. The van der Waals surface area contributed by atoms with E-state index in [4.69, 9.17) is 5.73 Å². The van der Waals surface area contributed by atoms with E-state index in [0.29, 0.717) is 30.6 Å². The van der Waals surface area contributed by atoms with Gasteiger partial charge in [0.25, 0.3) is 5.91 Å². The Morgan fingerprint density at radius 2 is 2.00 bits per heavy atom. The highest BCUT2D eigenvalue weighted by molar-refractivity contribution is 5.97. The van der Waals surface area contributed by atoms with Crippen LogP contribution in [0.5, 0.6) is 0 Å². The maximum Gasteiger partial charge on any atom is 0.254 e. The van der Waals surface area contributed by atoms with Gasteiger partial charge >= 0.3 is 0 Å². The van der Waals surface area contributed by atoms with Crippen LogP contribution in [-0.2, 0) is 4.79 Å². The molecule has 5 nitrogen and oxygen atoms in total. The van der Waals surface area contributed by atoms with Crippen LogP contribution in [0, 0.1) is 18.8 Å². The Hall–Kier alpha value is -2.04. The largest absolute Gasteiger partial charge is 0.382 e. The molecule has 1 aliphatic rings. The van der Waals surface area contributed by atoms with Crippen molar-refractivity contribution in [3.63, 3.8) is 0 Å². The first-order valence-corrected chi connectivity index (χ1v) is 8.76. The number of primary amides is 1. The molecule has 1 saturated heterocycles. The molecule has 1 heterocycles. The molecule has 24 heavy (non-hydrogen) atoms. The second-order valence-corrected chi connectivity index (χ2v) is 7.15. The topological polar surface area (TPSA) is 75.4 Å². The van der Waals surface area contributed by atoms with Crippen molar-refractivity contribution in [2.45, 2.75) is 46.6 Å². The van der Waals surface area contributed by atoms with Gasteiger partial charge in [-0.3, -0.25) is 9.59 Å². The minimum Gasteiger partial charge on any atom is -0.382 e. The maximum atomic E-state index is 12.9. The second kappa shape index (κ2) is 7.69. The van der Waals surface area contributed by atoms with E-state index in [1.807, 2.05) is 25.1 Å². The summed E-state index contributed by atoms with van der Waals surface area (Å²) in [4.78, 5) is 26.1. The van der Waals surface area contributed by atoms with E-state index in [2.05, 4.69) is 26.1 Å². The Bertz CT molecular complexity index is 613. The zero-order valence-electron chi connectivity index (χ0n) is 15.1. The van der Waals surface area contributed by atoms with E-state index in [9.17, 15) is 9.59 Å². The Kier molecular flexibility index (Phi) is 5.86. The van der Waals surface area contributed by atoms with Crippen LogP contribution in [0.25, 0.3) is 0 Å². The maximum absolute atomic E-state index is 12.9. The number of amides is 2. The molecule has 1 aromatic rings. The van der Waals surface area contributed by atoms with Crippen molar-refractivity contribution in [3.05, 3.63) is 29.3 Å². The van der Waals surface area contributed by atoms with Gasteiger partial charge in [-0.25, -0.2) is 0 Å². The normalized spacial score (nSPS) is 19.2. The van der Waals surface area contributed by atoms with Gasteiger partial charge in [-0.2, -0.15) is 0 Å². The fourth-order valence-electron chi connectivity index (χ4n) is 3.00. The summed E-state index contributed by atoms with van der Waals surface area (Å²) in [5.41, 5.74) is 8.06. The molecule has 1 aliphatic heterocycles. The van der Waals surface area contributed by atoms with Gasteiger partial charge in [-0.05, 0) is 50.3 Å². The predicted octanol–water partition coefficient (Wildman–Crippen LogP) is 2.79. The van der Waals surface area contributed by atoms with E-state index >= 15 is 0 Å².